The van der Waals surface area contributed by atoms with Crippen molar-refractivity contribution in [3.63, 3.8) is 0 Å². The van der Waals surface area contributed by atoms with Crippen molar-refractivity contribution < 1.29 is 14.7 Å². The second-order valence-corrected chi connectivity index (χ2v) is 17.4. The summed E-state index contributed by atoms with van der Waals surface area (Å²) in [5.41, 5.74) is 0. The molecule has 0 rings (SSSR count). The summed E-state index contributed by atoms with van der Waals surface area (Å²) in [6, 6.07) is 0. The molecule has 0 saturated carbocycles. The van der Waals surface area contributed by atoms with Crippen LogP contribution in [-0.4, -0.2) is 30.0 Å². The third-order valence-corrected chi connectivity index (χ3v) is 11.0. The van der Waals surface area contributed by atoms with Gasteiger partial charge in [-0.05, 0) is 0 Å². The summed E-state index contributed by atoms with van der Waals surface area (Å²) in [4.78, 5) is 0. The molecule has 0 bridgehead atoms. The van der Waals surface area contributed by atoms with Crippen LogP contribution >= 0.6 is 0 Å². The van der Waals surface area contributed by atoms with Gasteiger partial charge in [-0.25, -0.2) is 0 Å². The van der Waals surface area contributed by atoms with Crippen LogP contribution in [0.15, 0.2) is 0 Å². The Kier molecular flexibility index (Phi) is 4.06. The summed E-state index contributed by atoms with van der Waals surface area (Å²) in [5.74, 6) is 0. The zero-order chi connectivity index (χ0) is 10.9. The van der Waals surface area contributed by atoms with Gasteiger partial charge in [0.1, 0.15) is 0 Å². The average Bonchev–Trinajstić information content (AvgIpc) is 1.43. The first-order valence-electron chi connectivity index (χ1n) is 4.07. The third kappa shape index (κ3) is 8.79. The molecule has 0 aromatic rings. The minimum absolute atomic E-state index is 1.82. The van der Waals surface area contributed by atoms with Crippen molar-refractivity contribution >= 4 is 30.0 Å². The van der Waals surface area contributed by atoms with Crippen LogP contribution in [-0.2, 0) is 14.7 Å². The summed E-state index contributed by atoms with van der Waals surface area (Å²) in [5, 5.41) is 0. The molecule has 0 atom stereocenters. The molecular formula is C6H18O4SeSi2. The molecule has 0 radical (unpaired) electrons. The molecule has 0 aliphatic carbocycles. The maximum absolute atomic E-state index is 11.4. The Morgan fingerprint density at radius 1 is 0.769 bits per heavy atom. The van der Waals surface area contributed by atoms with E-state index < -0.39 is 30.0 Å². The molecule has 0 N–H and O–H groups in total. The minimum atomic E-state index is -4.53. The van der Waals surface area contributed by atoms with Gasteiger partial charge in [-0.3, -0.25) is 0 Å². The van der Waals surface area contributed by atoms with Crippen LogP contribution in [0.25, 0.3) is 0 Å². The van der Waals surface area contributed by atoms with Crippen molar-refractivity contribution in [2.24, 2.45) is 0 Å². The first-order valence-corrected chi connectivity index (χ1v) is 13.7. The Morgan fingerprint density at radius 3 is 1.15 bits per heavy atom. The quantitative estimate of drug-likeness (QED) is 0.743. The van der Waals surface area contributed by atoms with E-state index in [0.29, 0.717) is 0 Å². The van der Waals surface area contributed by atoms with E-state index in [1.54, 1.807) is 0 Å². The van der Waals surface area contributed by atoms with Gasteiger partial charge in [0.25, 0.3) is 0 Å². The fourth-order valence-corrected chi connectivity index (χ4v) is 10.3. The van der Waals surface area contributed by atoms with Crippen LogP contribution in [0.5, 0.6) is 0 Å². The summed E-state index contributed by atoms with van der Waals surface area (Å²) in [6.45, 7) is 10.9. The van der Waals surface area contributed by atoms with Gasteiger partial charge < -0.3 is 0 Å². The summed E-state index contributed by atoms with van der Waals surface area (Å²) < 4.78 is 32.7. The molecule has 0 heterocycles. The molecule has 7 heteroatoms. The van der Waals surface area contributed by atoms with Gasteiger partial charge in [0, 0.05) is 0 Å². The fourth-order valence-electron chi connectivity index (χ4n) is 0.629. The molecular weight excluding hydrogens is 271 g/mol. The van der Waals surface area contributed by atoms with Gasteiger partial charge in [-0.15, -0.1) is 0 Å². The molecule has 0 unspecified atom stereocenters. The normalized spacial score (nSPS) is 14.6. The van der Waals surface area contributed by atoms with Gasteiger partial charge in [0.05, 0.1) is 0 Å². The van der Waals surface area contributed by atoms with Crippen molar-refractivity contribution in [3.05, 3.63) is 0 Å². The molecule has 13 heavy (non-hydrogen) atoms. The number of hydrogen-bond acceptors (Lipinski definition) is 4. The average molecular weight is 289 g/mol. The first-order chi connectivity index (χ1) is 5.41. The number of rotatable bonds is 4. The van der Waals surface area contributed by atoms with E-state index in [0.717, 1.165) is 0 Å². The van der Waals surface area contributed by atoms with E-state index in [4.69, 9.17) is 7.02 Å². The Morgan fingerprint density at radius 2 is 1.00 bits per heavy atom. The fraction of sp³-hybridized carbons (Fsp3) is 1.00. The molecule has 0 aromatic heterocycles. The van der Waals surface area contributed by atoms with Crippen LogP contribution < -0.4 is 0 Å². The Balaban J connectivity index is 4.46. The third-order valence-electron chi connectivity index (χ3n) is 0.704. The zero-order valence-corrected chi connectivity index (χ0v) is 12.8. The van der Waals surface area contributed by atoms with E-state index in [1.165, 1.54) is 0 Å². The molecule has 4 nitrogen and oxygen atoms in total. The van der Waals surface area contributed by atoms with Crippen LogP contribution in [0.1, 0.15) is 0 Å². The van der Waals surface area contributed by atoms with Gasteiger partial charge in [0.15, 0.2) is 0 Å². The topological polar surface area (TPSA) is 52.6 Å². The molecule has 0 aliphatic heterocycles. The second kappa shape index (κ2) is 3.92. The van der Waals surface area contributed by atoms with Crippen LogP contribution in [0.3, 0.4) is 0 Å². The van der Waals surface area contributed by atoms with Gasteiger partial charge in [-0.1, -0.05) is 0 Å². The molecule has 0 saturated heterocycles. The Hall–Kier alpha value is 0.473. The zero-order valence-electron chi connectivity index (χ0n) is 9.04. The summed E-state index contributed by atoms with van der Waals surface area (Å²) >= 11 is -4.53. The van der Waals surface area contributed by atoms with Crippen molar-refractivity contribution in [1.82, 2.24) is 0 Å². The van der Waals surface area contributed by atoms with Crippen molar-refractivity contribution in [2.75, 3.05) is 0 Å². The SMILES string of the molecule is C[Si](C)(C)O[Se](=O)(=O)O[Si](C)(C)C. The molecule has 0 aromatic carbocycles. The summed E-state index contributed by atoms with van der Waals surface area (Å²) in [7, 11) is -4.10. The van der Waals surface area contributed by atoms with Gasteiger partial charge >= 0.3 is 84.0 Å². The Labute approximate surface area is 84.2 Å². The van der Waals surface area contributed by atoms with Crippen molar-refractivity contribution in [2.45, 2.75) is 39.3 Å². The molecule has 0 spiro atoms. The van der Waals surface area contributed by atoms with E-state index in [9.17, 15) is 7.67 Å². The number of hydrogen-bond donors (Lipinski definition) is 0. The predicted molar refractivity (Wildman–Crippen MR) is 56.0 cm³/mol. The Bertz CT molecular complexity index is 237. The summed E-state index contributed by atoms with van der Waals surface area (Å²) in [6.07, 6.45) is 0. The van der Waals surface area contributed by atoms with E-state index in [2.05, 4.69) is 0 Å². The maximum atomic E-state index is 11.4. The standard InChI is InChI=1S/C6H18O4SeSi2/c1-12(2,3)9-11(7,8)10-13(4,5)6/h1-6H3. The monoisotopic (exact) mass is 290 g/mol. The van der Waals surface area contributed by atoms with E-state index in [-0.39, 0.29) is 0 Å². The first kappa shape index (κ1) is 13.5. The van der Waals surface area contributed by atoms with Crippen LogP contribution in [0, 0.1) is 0 Å². The molecule has 0 fully saturated rings. The van der Waals surface area contributed by atoms with E-state index >= 15 is 0 Å². The van der Waals surface area contributed by atoms with E-state index in [1.807, 2.05) is 39.3 Å². The van der Waals surface area contributed by atoms with Gasteiger partial charge in [-0.2, -0.15) is 0 Å². The molecule has 0 aliphatic rings. The van der Waals surface area contributed by atoms with Crippen LogP contribution in [0.4, 0.5) is 0 Å². The molecule has 80 valence electrons. The van der Waals surface area contributed by atoms with Gasteiger partial charge in [0.2, 0.25) is 0 Å². The molecule has 0 amide bonds. The van der Waals surface area contributed by atoms with Crippen molar-refractivity contribution in [3.8, 4) is 0 Å². The predicted octanol–water partition coefficient (Wildman–Crippen LogP) is 1.99. The van der Waals surface area contributed by atoms with Crippen molar-refractivity contribution in [1.29, 1.82) is 0 Å². The second-order valence-electron chi connectivity index (χ2n) is 4.80. The van der Waals surface area contributed by atoms with Crippen LogP contribution in [0.2, 0.25) is 39.3 Å².